The summed E-state index contributed by atoms with van der Waals surface area (Å²) in [6.45, 7) is 6.98. The van der Waals surface area contributed by atoms with E-state index in [4.69, 9.17) is 0 Å². The Morgan fingerprint density at radius 1 is 0.472 bits per heavy atom. The second-order valence-electron chi connectivity index (χ2n) is 11.5. The lowest BCUT2D eigenvalue weighted by Gasteiger charge is -2.18. The van der Waals surface area contributed by atoms with Crippen LogP contribution in [0.4, 0.5) is 0 Å². The van der Waals surface area contributed by atoms with Crippen LogP contribution in [0.15, 0.2) is 91.0 Å². The highest BCUT2D eigenvalue weighted by molar-refractivity contribution is 6.30. The molecule has 0 aliphatic heterocycles. The van der Waals surface area contributed by atoms with Crippen molar-refractivity contribution < 1.29 is 0 Å². The Morgan fingerprint density at radius 2 is 1.14 bits per heavy atom. The second-order valence-corrected chi connectivity index (χ2v) is 11.5. The molecular weight excluding hydrogens is 436 g/mol. The van der Waals surface area contributed by atoms with E-state index in [0.29, 0.717) is 0 Å². The van der Waals surface area contributed by atoms with Crippen molar-refractivity contribution in [2.75, 3.05) is 0 Å². The van der Waals surface area contributed by atoms with E-state index in [-0.39, 0.29) is 5.41 Å². The predicted molar refractivity (Wildman–Crippen MR) is 154 cm³/mol. The van der Waals surface area contributed by atoms with E-state index >= 15 is 0 Å². The van der Waals surface area contributed by atoms with Gasteiger partial charge in [-0.05, 0) is 41.1 Å². The van der Waals surface area contributed by atoms with Crippen molar-refractivity contribution in [2.24, 2.45) is 0 Å². The van der Waals surface area contributed by atoms with Crippen molar-refractivity contribution in [3.63, 3.8) is 0 Å². The van der Waals surface area contributed by atoms with E-state index in [0.717, 1.165) is 0 Å². The van der Waals surface area contributed by atoms with Gasteiger partial charge < -0.3 is 8.80 Å². The number of hydrogen-bond acceptors (Lipinski definition) is 0. The number of benzene rings is 5. The zero-order valence-electron chi connectivity index (χ0n) is 20.6. The molecule has 0 atom stereocenters. The van der Waals surface area contributed by atoms with Gasteiger partial charge in [0.2, 0.25) is 0 Å². The summed E-state index contributed by atoms with van der Waals surface area (Å²) in [6.07, 6.45) is 0. The van der Waals surface area contributed by atoms with E-state index in [1.165, 1.54) is 81.8 Å². The van der Waals surface area contributed by atoms with Crippen LogP contribution in [0.2, 0.25) is 0 Å². The normalized spacial score (nSPS) is 13.4. The average Bonchev–Trinajstić information content (AvgIpc) is 3.60. The minimum absolute atomic E-state index is 0.0323. The van der Waals surface area contributed by atoms with Crippen LogP contribution < -0.4 is 0 Å². The monoisotopic (exact) mass is 460 g/mol. The molecule has 0 aliphatic carbocycles. The molecule has 0 bridgehead atoms. The van der Waals surface area contributed by atoms with Gasteiger partial charge in [0.1, 0.15) is 0 Å². The molecule has 36 heavy (non-hydrogen) atoms. The van der Waals surface area contributed by atoms with Crippen LogP contribution in [0.5, 0.6) is 0 Å². The molecule has 0 fully saturated rings. The summed E-state index contributed by atoms with van der Waals surface area (Å²) in [5, 5.41) is 12.0. The summed E-state index contributed by atoms with van der Waals surface area (Å²) in [7, 11) is 0. The van der Waals surface area contributed by atoms with Crippen LogP contribution in [0.3, 0.4) is 0 Å². The van der Waals surface area contributed by atoms with Gasteiger partial charge in [-0.1, -0.05) is 81.4 Å². The fraction of sp³-hybridized carbons (Fsp3) is 0.118. The topological polar surface area (TPSA) is 8.82 Å². The molecule has 0 amide bonds. The molecular formula is C34H24N2. The predicted octanol–water partition coefficient (Wildman–Crippen LogP) is 9.28. The van der Waals surface area contributed by atoms with Gasteiger partial charge in [-0.2, -0.15) is 0 Å². The van der Waals surface area contributed by atoms with Crippen molar-refractivity contribution in [2.45, 2.75) is 26.2 Å². The van der Waals surface area contributed by atoms with E-state index in [1.807, 2.05) is 0 Å². The smallest absolute Gasteiger partial charge is 0.0620 e. The maximum absolute atomic E-state index is 2.55. The largest absolute Gasteiger partial charge is 0.312 e. The minimum Gasteiger partial charge on any atom is -0.312 e. The van der Waals surface area contributed by atoms with Crippen molar-refractivity contribution in [3.8, 4) is 0 Å². The van der Waals surface area contributed by atoms with Gasteiger partial charge in [0.25, 0.3) is 0 Å². The number of aromatic nitrogens is 2. The van der Waals surface area contributed by atoms with Gasteiger partial charge in [-0.25, -0.2) is 0 Å². The van der Waals surface area contributed by atoms with E-state index in [2.05, 4.69) is 121 Å². The van der Waals surface area contributed by atoms with Gasteiger partial charge in [-0.3, -0.25) is 0 Å². The lowest BCUT2D eigenvalue weighted by Crippen LogP contribution is -2.13. The van der Waals surface area contributed by atoms with Crippen molar-refractivity contribution >= 4 is 76.1 Å². The van der Waals surface area contributed by atoms with Gasteiger partial charge in [-0.15, -0.1) is 0 Å². The Balaban J connectivity index is 1.62. The Morgan fingerprint density at radius 3 is 1.97 bits per heavy atom. The summed E-state index contributed by atoms with van der Waals surface area (Å²) in [5.41, 5.74) is 7.99. The highest BCUT2D eigenvalue weighted by Crippen LogP contribution is 2.46. The zero-order chi connectivity index (χ0) is 23.9. The molecule has 4 aromatic heterocycles. The molecule has 0 unspecified atom stereocenters. The van der Waals surface area contributed by atoms with Gasteiger partial charge in [0.15, 0.2) is 0 Å². The maximum Gasteiger partial charge on any atom is 0.0620 e. The summed E-state index contributed by atoms with van der Waals surface area (Å²) in [4.78, 5) is 0. The molecule has 4 heterocycles. The Kier molecular flexibility index (Phi) is 3.11. The molecule has 0 aliphatic rings. The fourth-order valence-corrected chi connectivity index (χ4v) is 6.97. The van der Waals surface area contributed by atoms with E-state index < -0.39 is 0 Å². The van der Waals surface area contributed by atoms with Crippen LogP contribution in [0, 0.1) is 0 Å². The SMILES string of the molecule is CC(C)(C)c1cc2cc3ccccc3c3c4cc5c(cc4n1c23)c1cccc2c3ccccc3n5c21. The van der Waals surface area contributed by atoms with Gasteiger partial charge in [0, 0.05) is 48.8 Å². The van der Waals surface area contributed by atoms with Gasteiger partial charge >= 0.3 is 0 Å². The quantitative estimate of drug-likeness (QED) is 0.213. The summed E-state index contributed by atoms with van der Waals surface area (Å²) in [5.74, 6) is 0. The van der Waals surface area contributed by atoms with Crippen molar-refractivity contribution in [1.82, 2.24) is 8.80 Å². The maximum atomic E-state index is 2.55. The highest BCUT2D eigenvalue weighted by Gasteiger charge is 2.26. The van der Waals surface area contributed by atoms with Crippen molar-refractivity contribution in [3.05, 3.63) is 96.7 Å². The fourth-order valence-electron chi connectivity index (χ4n) is 6.97. The molecule has 0 saturated heterocycles. The highest BCUT2D eigenvalue weighted by atomic mass is 14.9. The molecule has 5 aromatic carbocycles. The molecule has 2 nitrogen and oxygen atoms in total. The van der Waals surface area contributed by atoms with Crippen LogP contribution in [0.1, 0.15) is 26.5 Å². The number of fused-ring (bicyclic) bond motifs is 11. The Bertz CT molecular complexity index is 2340. The first-order valence-corrected chi connectivity index (χ1v) is 12.8. The lowest BCUT2D eigenvalue weighted by atomic mass is 9.91. The number of hydrogen-bond donors (Lipinski definition) is 0. The van der Waals surface area contributed by atoms with Gasteiger partial charge in [0.05, 0.1) is 27.6 Å². The summed E-state index contributed by atoms with van der Waals surface area (Å²) >= 11 is 0. The average molecular weight is 461 g/mol. The third-order valence-corrected chi connectivity index (χ3v) is 8.43. The first-order valence-electron chi connectivity index (χ1n) is 12.8. The van der Waals surface area contributed by atoms with Crippen LogP contribution in [0.25, 0.3) is 76.1 Å². The van der Waals surface area contributed by atoms with E-state index in [1.54, 1.807) is 0 Å². The number of nitrogens with zero attached hydrogens (tertiary/aromatic N) is 2. The molecule has 9 rings (SSSR count). The molecule has 9 aromatic rings. The number of para-hydroxylation sites is 2. The Hall–Kier alpha value is -4.30. The van der Waals surface area contributed by atoms with Crippen LogP contribution in [-0.2, 0) is 5.41 Å². The molecule has 0 N–H and O–H groups in total. The lowest BCUT2D eigenvalue weighted by molar-refractivity contribution is 0.567. The first-order chi connectivity index (χ1) is 17.5. The standard InChI is InChI=1S/C34H24N2/c1-34(2,3)30-16-20-15-19-9-4-5-10-21(19)31-26-18-28-25(17-29(26)36(30)32(20)31)24-13-8-12-23-22-11-6-7-14-27(22)35(28)33(23)24/h4-18H,1-3H3. The van der Waals surface area contributed by atoms with Crippen LogP contribution >= 0.6 is 0 Å². The summed E-state index contributed by atoms with van der Waals surface area (Å²) in [6, 6.07) is 34.2. The molecule has 0 spiro atoms. The number of rotatable bonds is 0. The zero-order valence-corrected chi connectivity index (χ0v) is 20.6. The minimum atomic E-state index is 0.0323. The first kappa shape index (κ1) is 19.0. The molecule has 0 radical (unpaired) electrons. The van der Waals surface area contributed by atoms with E-state index in [9.17, 15) is 0 Å². The molecule has 2 heteroatoms. The third kappa shape index (κ3) is 2.03. The molecule has 0 saturated carbocycles. The molecule has 170 valence electrons. The Labute approximate surface area is 207 Å². The second kappa shape index (κ2) is 5.91. The third-order valence-electron chi connectivity index (χ3n) is 8.43. The van der Waals surface area contributed by atoms with Crippen LogP contribution in [-0.4, -0.2) is 8.80 Å². The summed E-state index contributed by atoms with van der Waals surface area (Å²) < 4.78 is 5.05. The van der Waals surface area contributed by atoms with Crippen molar-refractivity contribution in [1.29, 1.82) is 0 Å².